The summed E-state index contributed by atoms with van der Waals surface area (Å²) in [7, 11) is 0. The van der Waals surface area contributed by atoms with E-state index in [2.05, 4.69) is 26.9 Å². The van der Waals surface area contributed by atoms with Crippen molar-refractivity contribution in [2.24, 2.45) is 0 Å². The topological polar surface area (TPSA) is 71.3 Å². The molecule has 0 unspecified atom stereocenters. The van der Waals surface area contributed by atoms with Gasteiger partial charge in [0.2, 0.25) is 11.8 Å². The minimum atomic E-state index is 0.123. The van der Waals surface area contributed by atoms with E-state index in [1.54, 1.807) is 6.92 Å². The van der Waals surface area contributed by atoms with E-state index >= 15 is 0 Å². The Labute approximate surface area is 165 Å². The van der Waals surface area contributed by atoms with Crippen LogP contribution in [0.2, 0.25) is 0 Å². The van der Waals surface area contributed by atoms with E-state index in [0.29, 0.717) is 26.1 Å². The second-order valence-electron chi connectivity index (χ2n) is 7.73. The summed E-state index contributed by atoms with van der Waals surface area (Å²) in [5.41, 5.74) is 1.19. The van der Waals surface area contributed by atoms with Crippen LogP contribution in [-0.4, -0.2) is 56.0 Å². The van der Waals surface area contributed by atoms with Gasteiger partial charge in [0.25, 0.3) is 0 Å². The molecule has 4 rings (SSSR count). The number of carbonyl (C=O) groups is 2. The summed E-state index contributed by atoms with van der Waals surface area (Å²) in [4.78, 5) is 28.1. The zero-order valence-electron chi connectivity index (χ0n) is 16.4. The maximum absolute atomic E-state index is 12.6. The van der Waals surface area contributed by atoms with E-state index < -0.39 is 0 Å². The van der Waals surface area contributed by atoms with Crippen molar-refractivity contribution in [3.8, 4) is 0 Å². The van der Waals surface area contributed by atoms with E-state index in [0.717, 1.165) is 44.0 Å². The molecule has 7 nitrogen and oxygen atoms in total. The standard InChI is InChI=1S/C21H27N5O2/c1-16(27)24-11-5-8-18(14-24)21-23-22-19-15-25(12-13-26(19)21)20(28)10-9-17-6-3-2-4-7-17/h2-4,6-7,18H,5,8-15H2,1H3/t18-/m1/s1. The lowest BCUT2D eigenvalue weighted by atomic mass is 9.97. The van der Waals surface area contributed by atoms with E-state index in [4.69, 9.17) is 0 Å². The van der Waals surface area contributed by atoms with Gasteiger partial charge in [0.1, 0.15) is 5.82 Å². The van der Waals surface area contributed by atoms with Gasteiger partial charge < -0.3 is 14.4 Å². The lowest BCUT2D eigenvalue weighted by Crippen LogP contribution is -2.41. The molecule has 2 aliphatic heterocycles. The number of carbonyl (C=O) groups excluding carboxylic acids is 2. The van der Waals surface area contributed by atoms with Crippen molar-refractivity contribution in [2.75, 3.05) is 19.6 Å². The first-order valence-electron chi connectivity index (χ1n) is 10.1. The average molecular weight is 381 g/mol. The van der Waals surface area contributed by atoms with Crippen LogP contribution in [0.1, 0.15) is 49.3 Å². The third kappa shape index (κ3) is 3.93. The van der Waals surface area contributed by atoms with Crippen LogP contribution in [0.25, 0.3) is 0 Å². The van der Waals surface area contributed by atoms with Crippen LogP contribution in [-0.2, 0) is 29.1 Å². The molecule has 28 heavy (non-hydrogen) atoms. The normalized spacial score (nSPS) is 19.4. The smallest absolute Gasteiger partial charge is 0.223 e. The lowest BCUT2D eigenvalue weighted by molar-refractivity contribution is -0.133. The summed E-state index contributed by atoms with van der Waals surface area (Å²) in [6, 6.07) is 10.1. The Bertz CT molecular complexity index is 848. The third-order valence-electron chi connectivity index (χ3n) is 5.84. The molecule has 1 aromatic carbocycles. The molecule has 0 saturated carbocycles. The van der Waals surface area contributed by atoms with Gasteiger partial charge in [0.15, 0.2) is 5.82 Å². The van der Waals surface area contributed by atoms with Gasteiger partial charge in [-0.2, -0.15) is 0 Å². The second-order valence-corrected chi connectivity index (χ2v) is 7.73. The van der Waals surface area contributed by atoms with Crippen LogP contribution in [0.5, 0.6) is 0 Å². The van der Waals surface area contributed by atoms with Gasteiger partial charge in [-0.1, -0.05) is 30.3 Å². The van der Waals surface area contributed by atoms with Gasteiger partial charge in [0, 0.05) is 45.4 Å². The molecule has 0 N–H and O–H groups in total. The van der Waals surface area contributed by atoms with Crippen molar-refractivity contribution in [3.63, 3.8) is 0 Å². The number of rotatable bonds is 4. The van der Waals surface area contributed by atoms with Gasteiger partial charge >= 0.3 is 0 Å². The highest BCUT2D eigenvalue weighted by molar-refractivity contribution is 5.76. The van der Waals surface area contributed by atoms with Gasteiger partial charge in [-0.05, 0) is 24.8 Å². The maximum Gasteiger partial charge on any atom is 0.223 e. The van der Waals surface area contributed by atoms with Crippen LogP contribution in [0.4, 0.5) is 0 Å². The second kappa shape index (κ2) is 8.12. The monoisotopic (exact) mass is 381 g/mol. The van der Waals surface area contributed by atoms with Gasteiger partial charge in [0.05, 0.1) is 6.54 Å². The Morgan fingerprint density at radius 2 is 1.89 bits per heavy atom. The molecule has 2 aliphatic rings. The number of aryl methyl sites for hydroxylation is 1. The summed E-state index contributed by atoms with van der Waals surface area (Å²) in [5.74, 6) is 2.35. The van der Waals surface area contributed by atoms with Crippen molar-refractivity contribution >= 4 is 11.8 Å². The highest BCUT2D eigenvalue weighted by atomic mass is 16.2. The number of hydrogen-bond donors (Lipinski definition) is 0. The van der Waals surface area contributed by atoms with Crippen LogP contribution >= 0.6 is 0 Å². The zero-order valence-corrected chi connectivity index (χ0v) is 16.4. The molecule has 0 aliphatic carbocycles. The van der Waals surface area contributed by atoms with Crippen LogP contribution in [0.3, 0.4) is 0 Å². The molecular formula is C21H27N5O2. The van der Waals surface area contributed by atoms with Crippen molar-refractivity contribution < 1.29 is 9.59 Å². The van der Waals surface area contributed by atoms with Crippen LogP contribution in [0, 0.1) is 0 Å². The van der Waals surface area contributed by atoms with E-state index in [-0.39, 0.29) is 17.7 Å². The van der Waals surface area contributed by atoms with E-state index in [1.807, 2.05) is 28.0 Å². The molecule has 1 saturated heterocycles. The number of likely N-dealkylation sites (tertiary alicyclic amines) is 1. The Morgan fingerprint density at radius 1 is 1.07 bits per heavy atom. The molecule has 2 aromatic rings. The number of fused-ring (bicyclic) bond motifs is 1. The molecule has 1 aromatic heterocycles. The van der Waals surface area contributed by atoms with Crippen LogP contribution < -0.4 is 0 Å². The van der Waals surface area contributed by atoms with E-state index in [1.165, 1.54) is 5.56 Å². The molecule has 0 radical (unpaired) electrons. The van der Waals surface area contributed by atoms with Gasteiger partial charge in [-0.3, -0.25) is 9.59 Å². The lowest BCUT2D eigenvalue weighted by Gasteiger charge is -2.33. The molecule has 3 heterocycles. The first-order valence-corrected chi connectivity index (χ1v) is 10.1. The minimum absolute atomic E-state index is 0.123. The Hall–Kier alpha value is -2.70. The molecule has 2 amide bonds. The zero-order chi connectivity index (χ0) is 19.5. The average Bonchev–Trinajstić information content (AvgIpc) is 3.16. The first kappa shape index (κ1) is 18.7. The third-order valence-corrected chi connectivity index (χ3v) is 5.84. The Morgan fingerprint density at radius 3 is 2.68 bits per heavy atom. The Kier molecular flexibility index (Phi) is 5.41. The summed E-state index contributed by atoms with van der Waals surface area (Å²) in [6.45, 7) is 5.11. The fourth-order valence-corrected chi connectivity index (χ4v) is 4.22. The number of benzene rings is 1. The molecule has 1 fully saturated rings. The number of amides is 2. The van der Waals surface area contributed by atoms with Gasteiger partial charge in [-0.25, -0.2) is 0 Å². The van der Waals surface area contributed by atoms with Crippen molar-refractivity contribution in [2.45, 2.75) is 51.6 Å². The van der Waals surface area contributed by atoms with Gasteiger partial charge in [-0.15, -0.1) is 10.2 Å². The van der Waals surface area contributed by atoms with Crippen molar-refractivity contribution in [1.29, 1.82) is 0 Å². The first-order chi connectivity index (χ1) is 13.6. The van der Waals surface area contributed by atoms with Crippen molar-refractivity contribution in [1.82, 2.24) is 24.6 Å². The van der Waals surface area contributed by atoms with E-state index in [9.17, 15) is 9.59 Å². The fourth-order valence-electron chi connectivity index (χ4n) is 4.22. The van der Waals surface area contributed by atoms with Crippen molar-refractivity contribution in [3.05, 3.63) is 47.5 Å². The quantitative estimate of drug-likeness (QED) is 0.812. The summed E-state index contributed by atoms with van der Waals surface area (Å²) in [5, 5.41) is 8.81. The molecule has 0 spiro atoms. The fraction of sp³-hybridized carbons (Fsp3) is 0.524. The van der Waals surface area contributed by atoms with Crippen LogP contribution in [0.15, 0.2) is 30.3 Å². The highest BCUT2D eigenvalue weighted by Crippen LogP contribution is 2.27. The predicted molar refractivity (Wildman–Crippen MR) is 104 cm³/mol. The summed E-state index contributed by atoms with van der Waals surface area (Å²) in [6.07, 6.45) is 3.30. The Balaban J connectivity index is 1.38. The maximum atomic E-state index is 12.6. The predicted octanol–water partition coefficient (Wildman–Crippen LogP) is 1.98. The minimum Gasteiger partial charge on any atom is -0.342 e. The number of piperidine rings is 1. The largest absolute Gasteiger partial charge is 0.342 e. The summed E-state index contributed by atoms with van der Waals surface area (Å²) < 4.78 is 2.16. The molecule has 0 bridgehead atoms. The highest BCUT2D eigenvalue weighted by Gasteiger charge is 2.30. The number of nitrogens with zero attached hydrogens (tertiary/aromatic N) is 5. The number of aromatic nitrogens is 3. The molecule has 1 atom stereocenters. The SMILES string of the molecule is CC(=O)N1CCC[C@@H](c2nnc3n2CCN(C(=O)CCc2ccccc2)C3)C1. The molecule has 7 heteroatoms. The molecular weight excluding hydrogens is 354 g/mol. The number of hydrogen-bond acceptors (Lipinski definition) is 4. The molecule has 148 valence electrons. The summed E-state index contributed by atoms with van der Waals surface area (Å²) >= 11 is 0.